The van der Waals surface area contributed by atoms with Gasteiger partial charge >= 0.3 is 0 Å². The fraction of sp³-hybridized carbons (Fsp3) is 0.435. The molecular weight excluding hydrogens is 368 g/mol. The van der Waals surface area contributed by atoms with Crippen molar-refractivity contribution in [3.8, 4) is 11.5 Å². The van der Waals surface area contributed by atoms with Crippen molar-refractivity contribution in [2.75, 3.05) is 38.7 Å². The Morgan fingerprint density at radius 1 is 1.14 bits per heavy atom. The van der Waals surface area contributed by atoms with Gasteiger partial charge < -0.3 is 19.5 Å². The van der Waals surface area contributed by atoms with E-state index in [-0.39, 0.29) is 17.6 Å². The third kappa shape index (κ3) is 4.78. The van der Waals surface area contributed by atoms with Crippen LogP contribution in [0.15, 0.2) is 54.6 Å². The predicted molar refractivity (Wildman–Crippen MR) is 111 cm³/mol. The summed E-state index contributed by atoms with van der Waals surface area (Å²) in [5.74, 6) is 1.49. The molecule has 2 aliphatic rings. The second-order valence-electron chi connectivity index (χ2n) is 7.71. The van der Waals surface area contributed by atoms with Crippen molar-refractivity contribution in [3.05, 3.63) is 54.6 Å². The maximum absolute atomic E-state index is 12.5. The molecule has 2 fully saturated rings. The number of nitrogens with zero attached hydrogens (tertiary/aromatic N) is 1. The Kier molecular flexibility index (Phi) is 6.13. The average Bonchev–Trinajstić information content (AvgIpc) is 3.21. The number of amides is 1. The summed E-state index contributed by atoms with van der Waals surface area (Å²) < 4.78 is 17.5. The Bertz CT molecular complexity index is 803. The van der Waals surface area contributed by atoms with Gasteiger partial charge in [0, 0.05) is 32.5 Å². The van der Waals surface area contributed by atoms with E-state index in [1.807, 2.05) is 54.6 Å². The van der Waals surface area contributed by atoms with Crippen molar-refractivity contribution in [3.63, 3.8) is 0 Å². The fourth-order valence-corrected chi connectivity index (χ4v) is 4.24. The first-order valence-corrected chi connectivity index (χ1v) is 10.2. The Hall–Kier alpha value is -2.41. The SMILES string of the molecule is COC1CN(CC(=O)Nc2ccc(Oc3ccccc3)cc2)CCC12CCCO2. The van der Waals surface area contributed by atoms with E-state index in [4.69, 9.17) is 14.2 Å². The van der Waals surface area contributed by atoms with Gasteiger partial charge in [-0.3, -0.25) is 9.69 Å². The highest BCUT2D eigenvalue weighted by Gasteiger charge is 2.46. The maximum atomic E-state index is 12.5. The van der Waals surface area contributed by atoms with Crippen molar-refractivity contribution >= 4 is 11.6 Å². The number of hydrogen-bond acceptors (Lipinski definition) is 5. The van der Waals surface area contributed by atoms with Gasteiger partial charge in [0.1, 0.15) is 11.5 Å². The normalized spacial score (nSPS) is 24.5. The van der Waals surface area contributed by atoms with E-state index in [1.165, 1.54) is 0 Å². The van der Waals surface area contributed by atoms with Gasteiger partial charge in [-0.15, -0.1) is 0 Å². The van der Waals surface area contributed by atoms with Crippen LogP contribution >= 0.6 is 0 Å². The fourth-order valence-electron chi connectivity index (χ4n) is 4.24. The van der Waals surface area contributed by atoms with Crippen LogP contribution in [0.25, 0.3) is 0 Å². The molecule has 6 nitrogen and oxygen atoms in total. The highest BCUT2D eigenvalue weighted by Crippen LogP contribution is 2.37. The summed E-state index contributed by atoms with van der Waals surface area (Å²) >= 11 is 0. The van der Waals surface area contributed by atoms with Gasteiger partial charge in [0.05, 0.1) is 18.2 Å². The van der Waals surface area contributed by atoms with Crippen molar-refractivity contribution in [2.45, 2.75) is 31.0 Å². The summed E-state index contributed by atoms with van der Waals surface area (Å²) in [6.07, 6.45) is 3.05. The first kappa shape index (κ1) is 19.9. The van der Waals surface area contributed by atoms with E-state index in [0.29, 0.717) is 13.1 Å². The molecule has 2 atom stereocenters. The number of hydrogen-bond donors (Lipinski definition) is 1. The van der Waals surface area contributed by atoms with Crippen LogP contribution < -0.4 is 10.1 Å². The Balaban J connectivity index is 1.28. The summed E-state index contributed by atoms with van der Waals surface area (Å²) in [6.45, 7) is 2.72. The number of benzene rings is 2. The Labute approximate surface area is 171 Å². The van der Waals surface area contributed by atoms with E-state index in [2.05, 4.69) is 10.2 Å². The molecular formula is C23H28N2O4. The number of rotatable bonds is 6. The lowest BCUT2D eigenvalue weighted by atomic mass is 9.86. The number of piperidine rings is 1. The lowest BCUT2D eigenvalue weighted by molar-refractivity contribution is -0.145. The molecule has 2 aromatic rings. The molecule has 1 N–H and O–H groups in total. The molecule has 1 spiro atoms. The zero-order valence-electron chi connectivity index (χ0n) is 16.8. The minimum absolute atomic E-state index is 0.0148. The number of ether oxygens (including phenoxy) is 3. The molecule has 29 heavy (non-hydrogen) atoms. The summed E-state index contributed by atoms with van der Waals surface area (Å²) in [5, 5.41) is 2.97. The van der Waals surface area contributed by atoms with Crippen LogP contribution in [0, 0.1) is 0 Å². The minimum Gasteiger partial charge on any atom is -0.457 e. The molecule has 154 valence electrons. The first-order chi connectivity index (χ1) is 14.2. The van der Waals surface area contributed by atoms with Crippen LogP contribution in [0.5, 0.6) is 11.5 Å². The van der Waals surface area contributed by atoms with E-state index in [1.54, 1.807) is 7.11 Å². The topological polar surface area (TPSA) is 60.0 Å². The Morgan fingerprint density at radius 2 is 1.90 bits per heavy atom. The largest absolute Gasteiger partial charge is 0.457 e. The number of likely N-dealkylation sites (tertiary alicyclic amines) is 1. The molecule has 2 saturated heterocycles. The van der Waals surface area contributed by atoms with Gasteiger partial charge in [0.2, 0.25) is 5.91 Å². The minimum atomic E-state index is -0.156. The number of anilines is 1. The molecule has 0 aliphatic carbocycles. The molecule has 4 rings (SSSR count). The molecule has 2 aromatic carbocycles. The number of para-hydroxylation sites is 1. The summed E-state index contributed by atoms with van der Waals surface area (Å²) in [5.41, 5.74) is 0.599. The quantitative estimate of drug-likeness (QED) is 0.807. The number of carbonyl (C=O) groups excluding carboxylic acids is 1. The van der Waals surface area contributed by atoms with Crippen molar-refractivity contribution in [1.29, 1.82) is 0 Å². The van der Waals surface area contributed by atoms with E-state index in [0.717, 1.165) is 49.6 Å². The molecule has 1 amide bonds. The lowest BCUT2D eigenvalue weighted by Crippen LogP contribution is -2.57. The second kappa shape index (κ2) is 8.95. The molecule has 2 unspecified atom stereocenters. The first-order valence-electron chi connectivity index (χ1n) is 10.2. The third-order valence-corrected chi connectivity index (χ3v) is 5.76. The zero-order valence-corrected chi connectivity index (χ0v) is 16.8. The van der Waals surface area contributed by atoms with E-state index in [9.17, 15) is 4.79 Å². The lowest BCUT2D eigenvalue weighted by Gasteiger charge is -2.44. The van der Waals surface area contributed by atoms with Crippen LogP contribution in [0.1, 0.15) is 19.3 Å². The summed E-state index contributed by atoms with van der Waals surface area (Å²) in [6, 6.07) is 17.0. The maximum Gasteiger partial charge on any atom is 0.238 e. The molecule has 2 heterocycles. The molecule has 0 aromatic heterocycles. The monoisotopic (exact) mass is 396 g/mol. The van der Waals surface area contributed by atoms with Crippen LogP contribution in [0.3, 0.4) is 0 Å². The van der Waals surface area contributed by atoms with Crippen LogP contribution in [-0.4, -0.2) is 55.9 Å². The van der Waals surface area contributed by atoms with Gasteiger partial charge in [-0.1, -0.05) is 18.2 Å². The molecule has 0 radical (unpaired) electrons. The average molecular weight is 396 g/mol. The van der Waals surface area contributed by atoms with Crippen LogP contribution in [-0.2, 0) is 14.3 Å². The van der Waals surface area contributed by atoms with E-state index < -0.39 is 0 Å². The van der Waals surface area contributed by atoms with Gasteiger partial charge in [-0.25, -0.2) is 0 Å². The van der Waals surface area contributed by atoms with Crippen LogP contribution in [0.2, 0.25) is 0 Å². The van der Waals surface area contributed by atoms with Crippen molar-refractivity contribution in [2.24, 2.45) is 0 Å². The zero-order chi connectivity index (χ0) is 20.1. The third-order valence-electron chi connectivity index (χ3n) is 5.76. The molecule has 2 aliphatic heterocycles. The smallest absolute Gasteiger partial charge is 0.238 e. The summed E-state index contributed by atoms with van der Waals surface area (Å²) in [7, 11) is 1.73. The second-order valence-corrected chi connectivity index (χ2v) is 7.71. The molecule has 0 saturated carbocycles. The number of methoxy groups -OCH3 is 1. The van der Waals surface area contributed by atoms with Crippen LogP contribution in [0.4, 0.5) is 5.69 Å². The van der Waals surface area contributed by atoms with Gasteiger partial charge in [0.15, 0.2) is 0 Å². The Morgan fingerprint density at radius 3 is 2.59 bits per heavy atom. The van der Waals surface area contributed by atoms with Crippen molar-refractivity contribution < 1.29 is 19.0 Å². The number of carbonyl (C=O) groups is 1. The summed E-state index contributed by atoms with van der Waals surface area (Å²) in [4.78, 5) is 14.7. The number of nitrogens with one attached hydrogen (secondary N) is 1. The van der Waals surface area contributed by atoms with Gasteiger partial charge in [0.25, 0.3) is 0 Å². The van der Waals surface area contributed by atoms with Crippen molar-refractivity contribution in [1.82, 2.24) is 4.90 Å². The molecule has 6 heteroatoms. The highest BCUT2D eigenvalue weighted by molar-refractivity contribution is 5.92. The molecule has 0 bridgehead atoms. The predicted octanol–water partition coefficient (Wildman–Crippen LogP) is 3.69. The van der Waals surface area contributed by atoms with E-state index >= 15 is 0 Å². The van der Waals surface area contributed by atoms with Gasteiger partial charge in [-0.2, -0.15) is 0 Å². The standard InChI is InChI=1S/C23H28N2O4/c1-27-21-16-25(14-13-23(21)12-5-15-28-23)17-22(26)24-18-8-10-20(11-9-18)29-19-6-3-2-4-7-19/h2-4,6-11,21H,5,12-17H2,1H3,(H,24,26). The van der Waals surface area contributed by atoms with Gasteiger partial charge in [-0.05, 0) is 55.7 Å². The highest BCUT2D eigenvalue weighted by atomic mass is 16.5.